The van der Waals surface area contributed by atoms with Gasteiger partial charge in [0.2, 0.25) is 0 Å². The van der Waals surface area contributed by atoms with Gasteiger partial charge in [-0.25, -0.2) is 12.8 Å². The number of sulfonamides is 1. The third-order valence-electron chi connectivity index (χ3n) is 4.13. The van der Waals surface area contributed by atoms with Crippen LogP contribution in [-0.4, -0.2) is 25.8 Å². The Morgan fingerprint density at radius 1 is 1.20 bits per heavy atom. The van der Waals surface area contributed by atoms with E-state index in [-0.39, 0.29) is 27.1 Å². The highest BCUT2D eigenvalue weighted by Crippen LogP contribution is 2.26. The van der Waals surface area contributed by atoms with Gasteiger partial charge in [-0.05, 0) is 53.9 Å². The van der Waals surface area contributed by atoms with Gasteiger partial charge in [0.1, 0.15) is 10.7 Å². The molecule has 1 aromatic heterocycles. The third kappa shape index (κ3) is 5.27. The molecule has 0 saturated carbocycles. The molecule has 1 heterocycles. The number of thiophene rings is 1. The van der Waals surface area contributed by atoms with E-state index in [9.17, 15) is 17.6 Å². The van der Waals surface area contributed by atoms with Gasteiger partial charge in [0.15, 0.2) is 0 Å². The molecule has 1 amide bonds. The fraction of sp³-hybridized carbons (Fsp3) is 0.0952. The molecule has 0 spiro atoms. The number of hydrogen-bond acceptors (Lipinski definition) is 4. The molecule has 0 aliphatic heterocycles. The van der Waals surface area contributed by atoms with Crippen LogP contribution in [0.3, 0.4) is 0 Å². The summed E-state index contributed by atoms with van der Waals surface area (Å²) >= 11 is 7.63. The molecule has 0 aliphatic carbocycles. The minimum absolute atomic E-state index is 0.0327. The summed E-state index contributed by atoms with van der Waals surface area (Å²) in [5, 5.41) is 1.88. The van der Waals surface area contributed by atoms with Crippen LogP contribution >= 0.6 is 22.9 Å². The zero-order chi connectivity index (χ0) is 21.7. The van der Waals surface area contributed by atoms with Crippen molar-refractivity contribution in [2.24, 2.45) is 0 Å². The number of halogens is 2. The number of anilines is 1. The molecule has 0 fully saturated rings. The molecule has 2 aromatic carbocycles. The lowest BCUT2D eigenvalue weighted by atomic mass is 10.2. The van der Waals surface area contributed by atoms with Gasteiger partial charge >= 0.3 is 0 Å². The lowest BCUT2D eigenvalue weighted by Crippen LogP contribution is -2.30. The summed E-state index contributed by atoms with van der Waals surface area (Å²) in [7, 11) is -4.09. The molecule has 0 unspecified atom stereocenters. The average Bonchev–Trinajstić information content (AvgIpc) is 3.22. The number of carbonyl (C=O) groups is 1. The highest BCUT2D eigenvalue weighted by Gasteiger charge is 2.23. The summed E-state index contributed by atoms with van der Waals surface area (Å²) < 4.78 is 41.0. The first kappa shape index (κ1) is 22.0. The van der Waals surface area contributed by atoms with Crippen molar-refractivity contribution >= 4 is 44.6 Å². The van der Waals surface area contributed by atoms with Crippen LogP contribution in [0, 0.1) is 5.82 Å². The van der Waals surface area contributed by atoms with Gasteiger partial charge < -0.3 is 4.90 Å². The second-order valence-electron chi connectivity index (χ2n) is 6.31. The van der Waals surface area contributed by atoms with Crippen LogP contribution in [0.25, 0.3) is 0 Å². The number of benzene rings is 2. The van der Waals surface area contributed by atoms with Crippen molar-refractivity contribution in [1.82, 2.24) is 4.90 Å². The predicted molar refractivity (Wildman–Crippen MR) is 118 cm³/mol. The zero-order valence-electron chi connectivity index (χ0n) is 15.7. The SMILES string of the molecule is C=CCN(Cc1cccs1)C(=O)c1ccc(Cl)c(S(=O)(=O)Nc2ccc(F)cc2)c1. The summed E-state index contributed by atoms with van der Waals surface area (Å²) in [4.78, 5) is 15.3. The van der Waals surface area contributed by atoms with Crippen LogP contribution in [0.5, 0.6) is 0 Å². The highest BCUT2D eigenvalue weighted by atomic mass is 35.5. The van der Waals surface area contributed by atoms with Crippen LogP contribution < -0.4 is 4.72 Å². The van der Waals surface area contributed by atoms with E-state index in [1.165, 1.54) is 41.7 Å². The quantitative estimate of drug-likeness (QED) is 0.468. The maximum absolute atomic E-state index is 13.1. The van der Waals surface area contributed by atoms with Crippen LogP contribution in [-0.2, 0) is 16.6 Å². The van der Waals surface area contributed by atoms with Crippen molar-refractivity contribution in [1.29, 1.82) is 0 Å². The van der Waals surface area contributed by atoms with Gasteiger partial charge in [0.05, 0.1) is 11.6 Å². The molecule has 30 heavy (non-hydrogen) atoms. The van der Waals surface area contributed by atoms with Crippen LogP contribution in [0.2, 0.25) is 5.02 Å². The van der Waals surface area contributed by atoms with Crippen molar-refractivity contribution < 1.29 is 17.6 Å². The summed E-state index contributed by atoms with van der Waals surface area (Å²) in [6.45, 7) is 4.36. The molecule has 3 aromatic rings. The van der Waals surface area contributed by atoms with Crippen LogP contribution in [0.15, 0.2) is 77.5 Å². The fourth-order valence-corrected chi connectivity index (χ4v) is 5.02. The second-order valence-corrected chi connectivity index (χ2v) is 9.40. The maximum atomic E-state index is 13.1. The lowest BCUT2D eigenvalue weighted by molar-refractivity contribution is 0.0764. The largest absolute Gasteiger partial charge is 0.330 e. The van der Waals surface area contributed by atoms with Gasteiger partial charge in [-0.15, -0.1) is 17.9 Å². The first-order valence-electron chi connectivity index (χ1n) is 8.80. The molecule has 9 heteroatoms. The number of nitrogens with zero attached hydrogens (tertiary/aromatic N) is 1. The summed E-state index contributed by atoms with van der Waals surface area (Å²) in [5.41, 5.74) is 0.354. The number of nitrogens with one attached hydrogen (secondary N) is 1. The molecule has 156 valence electrons. The topological polar surface area (TPSA) is 66.5 Å². The molecule has 0 bridgehead atoms. The Morgan fingerprint density at radius 2 is 1.93 bits per heavy atom. The molecular weight excluding hydrogens is 447 g/mol. The Hall–Kier alpha value is -2.68. The number of rotatable bonds is 8. The molecule has 0 radical (unpaired) electrons. The first-order valence-corrected chi connectivity index (χ1v) is 11.5. The number of carbonyl (C=O) groups excluding carboxylic acids is 1. The molecule has 0 aliphatic rings. The van der Waals surface area contributed by atoms with Crippen molar-refractivity contribution in [3.63, 3.8) is 0 Å². The molecule has 1 N–H and O–H groups in total. The standard InChI is InChI=1S/C21H18ClFN2O3S2/c1-2-11-25(14-18-4-3-12-29-18)21(26)15-5-10-19(22)20(13-15)30(27,28)24-17-8-6-16(23)7-9-17/h2-10,12-13,24H,1,11,14H2. The van der Waals surface area contributed by atoms with E-state index < -0.39 is 15.8 Å². The van der Waals surface area contributed by atoms with E-state index in [1.54, 1.807) is 11.0 Å². The fourth-order valence-electron chi connectivity index (χ4n) is 2.72. The van der Waals surface area contributed by atoms with E-state index in [1.807, 2.05) is 17.5 Å². The first-order chi connectivity index (χ1) is 14.3. The highest BCUT2D eigenvalue weighted by molar-refractivity contribution is 7.92. The molecule has 3 rings (SSSR count). The molecule has 0 saturated heterocycles. The van der Waals surface area contributed by atoms with E-state index >= 15 is 0 Å². The Balaban J connectivity index is 1.90. The maximum Gasteiger partial charge on any atom is 0.263 e. The van der Waals surface area contributed by atoms with Crippen molar-refractivity contribution in [2.75, 3.05) is 11.3 Å². The zero-order valence-corrected chi connectivity index (χ0v) is 18.1. The lowest BCUT2D eigenvalue weighted by Gasteiger charge is -2.21. The van der Waals surface area contributed by atoms with Gasteiger partial charge in [-0.1, -0.05) is 23.7 Å². The minimum atomic E-state index is -4.09. The van der Waals surface area contributed by atoms with Crippen LogP contribution in [0.4, 0.5) is 10.1 Å². The molecule has 0 atom stereocenters. The minimum Gasteiger partial charge on any atom is -0.330 e. The van der Waals surface area contributed by atoms with E-state index in [4.69, 9.17) is 11.6 Å². The summed E-state index contributed by atoms with van der Waals surface area (Å²) in [6.07, 6.45) is 1.61. The van der Waals surface area contributed by atoms with E-state index in [0.29, 0.717) is 13.1 Å². The third-order valence-corrected chi connectivity index (χ3v) is 6.85. The normalized spacial score (nSPS) is 11.1. The van der Waals surface area contributed by atoms with Crippen LogP contribution in [0.1, 0.15) is 15.2 Å². The van der Waals surface area contributed by atoms with Crippen molar-refractivity contribution in [3.8, 4) is 0 Å². The Bertz CT molecular complexity index is 1150. The van der Waals surface area contributed by atoms with E-state index in [0.717, 1.165) is 17.0 Å². The van der Waals surface area contributed by atoms with Crippen molar-refractivity contribution in [3.05, 3.63) is 93.9 Å². The van der Waals surface area contributed by atoms with Gasteiger partial charge in [-0.2, -0.15) is 0 Å². The Labute approximate surface area is 183 Å². The number of amides is 1. The van der Waals surface area contributed by atoms with Gasteiger partial charge in [0, 0.05) is 22.7 Å². The predicted octanol–water partition coefficient (Wildman–Crippen LogP) is 5.17. The Morgan fingerprint density at radius 3 is 2.57 bits per heavy atom. The van der Waals surface area contributed by atoms with Gasteiger partial charge in [0.25, 0.3) is 15.9 Å². The van der Waals surface area contributed by atoms with E-state index in [2.05, 4.69) is 11.3 Å². The average molecular weight is 465 g/mol. The van der Waals surface area contributed by atoms with Gasteiger partial charge in [-0.3, -0.25) is 9.52 Å². The molecular formula is C21H18ClFN2O3S2. The monoisotopic (exact) mass is 464 g/mol. The summed E-state index contributed by atoms with van der Waals surface area (Å²) in [6, 6.07) is 12.8. The smallest absolute Gasteiger partial charge is 0.263 e. The summed E-state index contributed by atoms with van der Waals surface area (Å²) in [5.74, 6) is -0.838. The number of hydrogen-bond donors (Lipinski definition) is 1. The molecule has 5 nitrogen and oxygen atoms in total. The second kappa shape index (κ2) is 9.42. The van der Waals surface area contributed by atoms with Crippen molar-refractivity contribution in [2.45, 2.75) is 11.4 Å². The Kier molecular flexibility index (Phi) is 6.91.